The van der Waals surface area contributed by atoms with Crippen LogP contribution in [0.2, 0.25) is 0 Å². The molecule has 2 aromatic carbocycles. The predicted octanol–water partition coefficient (Wildman–Crippen LogP) is 4.17. The van der Waals surface area contributed by atoms with Gasteiger partial charge in [0.15, 0.2) is 0 Å². The summed E-state index contributed by atoms with van der Waals surface area (Å²) in [6.45, 7) is 3.44. The van der Waals surface area contributed by atoms with E-state index in [4.69, 9.17) is 0 Å². The highest BCUT2D eigenvalue weighted by Crippen LogP contribution is 2.36. The molecule has 104 valence electrons. The van der Waals surface area contributed by atoms with Gasteiger partial charge in [0.05, 0.1) is 16.9 Å². The third-order valence-electron chi connectivity index (χ3n) is 3.44. The van der Waals surface area contributed by atoms with Crippen molar-refractivity contribution in [3.05, 3.63) is 60.3 Å². The molecule has 0 bridgehead atoms. The number of rotatable bonds is 2. The number of anilines is 1. The summed E-state index contributed by atoms with van der Waals surface area (Å²) in [7, 11) is 0. The van der Waals surface area contributed by atoms with Crippen molar-refractivity contribution < 1.29 is 4.79 Å². The minimum Gasteiger partial charge on any atom is -0.324 e. The molecule has 0 aliphatic heterocycles. The lowest BCUT2D eigenvalue weighted by molar-refractivity contribution is -0.114. The molecule has 1 N–H and O–H groups in total. The lowest BCUT2D eigenvalue weighted by atomic mass is 9.98. The summed E-state index contributed by atoms with van der Waals surface area (Å²) in [4.78, 5) is 16.1. The third kappa shape index (κ3) is 2.50. The van der Waals surface area contributed by atoms with Gasteiger partial charge >= 0.3 is 0 Å². The van der Waals surface area contributed by atoms with Gasteiger partial charge in [0.2, 0.25) is 5.91 Å². The van der Waals surface area contributed by atoms with Gasteiger partial charge < -0.3 is 5.32 Å². The Morgan fingerprint density at radius 3 is 2.38 bits per heavy atom. The van der Waals surface area contributed by atoms with Gasteiger partial charge in [-0.25, -0.2) is 0 Å². The minimum atomic E-state index is -0.0904. The van der Waals surface area contributed by atoms with E-state index in [9.17, 15) is 4.79 Å². The molecular formula is C18H16N2O. The van der Waals surface area contributed by atoms with Gasteiger partial charge in [0.1, 0.15) is 0 Å². The van der Waals surface area contributed by atoms with Crippen LogP contribution in [0.25, 0.3) is 22.0 Å². The zero-order valence-electron chi connectivity index (χ0n) is 12.1. The molecule has 0 aliphatic carbocycles. The van der Waals surface area contributed by atoms with Crippen LogP contribution in [0.5, 0.6) is 0 Å². The van der Waals surface area contributed by atoms with Crippen molar-refractivity contribution >= 4 is 22.5 Å². The standard InChI is InChI=1S/C18H16N2O/c1-12-18(20-13(2)21)17(14-8-4-3-5-9-14)15-10-6-7-11-16(15)19-12/h3-11H,1-2H3,(H,20,21). The van der Waals surface area contributed by atoms with Gasteiger partial charge in [-0.1, -0.05) is 48.5 Å². The molecule has 1 amide bonds. The Balaban J connectivity index is 2.39. The summed E-state index contributed by atoms with van der Waals surface area (Å²) >= 11 is 0. The molecule has 1 heterocycles. The van der Waals surface area contributed by atoms with Crippen molar-refractivity contribution in [2.45, 2.75) is 13.8 Å². The number of pyridine rings is 1. The highest BCUT2D eigenvalue weighted by atomic mass is 16.1. The summed E-state index contributed by atoms with van der Waals surface area (Å²) in [6, 6.07) is 18.1. The van der Waals surface area contributed by atoms with Gasteiger partial charge in [-0.05, 0) is 18.6 Å². The van der Waals surface area contributed by atoms with Gasteiger partial charge in [0, 0.05) is 17.9 Å². The molecule has 3 heteroatoms. The summed E-state index contributed by atoms with van der Waals surface area (Å²) in [5.74, 6) is -0.0904. The Kier molecular flexibility index (Phi) is 3.40. The Hall–Kier alpha value is -2.68. The lowest BCUT2D eigenvalue weighted by Gasteiger charge is -2.16. The SMILES string of the molecule is CC(=O)Nc1c(C)nc2ccccc2c1-c1ccccc1. The summed E-state index contributed by atoms with van der Waals surface area (Å²) < 4.78 is 0. The van der Waals surface area contributed by atoms with Crippen LogP contribution in [0.1, 0.15) is 12.6 Å². The van der Waals surface area contributed by atoms with E-state index in [-0.39, 0.29) is 5.91 Å². The maximum absolute atomic E-state index is 11.5. The molecule has 3 rings (SSSR count). The van der Waals surface area contributed by atoms with Crippen LogP contribution in [0.3, 0.4) is 0 Å². The number of hydrogen-bond donors (Lipinski definition) is 1. The first kappa shape index (κ1) is 13.3. The Morgan fingerprint density at radius 2 is 1.67 bits per heavy atom. The Bertz CT molecular complexity index is 810. The van der Waals surface area contributed by atoms with E-state index >= 15 is 0 Å². The van der Waals surface area contributed by atoms with Crippen LogP contribution < -0.4 is 5.32 Å². The fourth-order valence-corrected chi connectivity index (χ4v) is 2.57. The zero-order chi connectivity index (χ0) is 14.8. The van der Waals surface area contributed by atoms with Crippen molar-refractivity contribution in [3.8, 4) is 11.1 Å². The number of benzene rings is 2. The average molecular weight is 276 g/mol. The fourth-order valence-electron chi connectivity index (χ4n) is 2.57. The predicted molar refractivity (Wildman–Crippen MR) is 86.2 cm³/mol. The van der Waals surface area contributed by atoms with Crippen LogP contribution in [0.4, 0.5) is 5.69 Å². The molecule has 1 aromatic heterocycles. The highest BCUT2D eigenvalue weighted by molar-refractivity contribution is 6.05. The third-order valence-corrected chi connectivity index (χ3v) is 3.44. The average Bonchev–Trinajstić information content (AvgIpc) is 2.48. The molecule has 21 heavy (non-hydrogen) atoms. The molecule has 0 saturated carbocycles. The number of carbonyl (C=O) groups is 1. The molecule has 0 atom stereocenters. The summed E-state index contributed by atoms with van der Waals surface area (Å²) in [5, 5.41) is 3.97. The molecule has 3 nitrogen and oxygen atoms in total. The maximum Gasteiger partial charge on any atom is 0.221 e. The summed E-state index contributed by atoms with van der Waals surface area (Å²) in [6.07, 6.45) is 0. The number of hydrogen-bond acceptors (Lipinski definition) is 2. The van der Waals surface area contributed by atoms with Crippen molar-refractivity contribution in [2.24, 2.45) is 0 Å². The molecule has 0 saturated heterocycles. The quantitative estimate of drug-likeness (QED) is 0.763. The first-order valence-corrected chi connectivity index (χ1v) is 6.89. The van der Waals surface area contributed by atoms with Crippen LogP contribution in [-0.4, -0.2) is 10.9 Å². The second-order valence-corrected chi connectivity index (χ2v) is 5.01. The van der Waals surface area contributed by atoms with E-state index in [0.717, 1.165) is 33.4 Å². The number of fused-ring (bicyclic) bond motifs is 1. The Labute approximate surface area is 123 Å². The van der Waals surface area contributed by atoms with Crippen molar-refractivity contribution in [1.29, 1.82) is 0 Å². The number of amides is 1. The van der Waals surface area contributed by atoms with Crippen molar-refractivity contribution in [1.82, 2.24) is 4.98 Å². The molecule has 0 spiro atoms. The van der Waals surface area contributed by atoms with E-state index in [1.165, 1.54) is 6.92 Å². The van der Waals surface area contributed by atoms with E-state index < -0.39 is 0 Å². The van der Waals surface area contributed by atoms with E-state index in [1.54, 1.807) is 0 Å². The molecule has 0 fully saturated rings. The first-order valence-electron chi connectivity index (χ1n) is 6.89. The molecule has 3 aromatic rings. The molecule has 0 aliphatic rings. The van der Waals surface area contributed by atoms with Crippen LogP contribution >= 0.6 is 0 Å². The van der Waals surface area contributed by atoms with Gasteiger partial charge in [-0.3, -0.25) is 9.78 Å². The maximum atomic E-state index is 11.5. The van der Waals surface area contributed by atoms with E-state index in [2.05, 4.69) is 10.3 Å². The lowest BCUT2D eigenvalue weighted by Crippen LogP contribution is -2.10. The number of aryl methyl sites for hydroxylation is 1. The number of nitrogens with one attached hydrogen (secondary N) is 1. The largest absolute Gasteiger partial charge is 0.324 e. The van der Waals surface area contributed by atoms with E-state index in [1.807, 2.05) is 61.5 Å². The van der Waals surface area contributed by atoms with Gasteiger partial charge in [-0.15, -0.1) is 0 Å². The van der Waals surface area contributed by atoms with Crippen LogP contribution in [-0.2, 0) is 4.79 Å². The van der Waals surface area contributed by atoms with Gasteiger partial charge in [0.25, 0.3) is 0 Å². The summed E-state index contributed by atoms with van der Waals surface area (Å²) in [5.41, 5.74) is 4.63. The zero-order valence-corrected chi connectivity index (χ0v) is 12.1. The van der Waals surface area contributed by atoms with Gasteiger partial charge in [-0.2, -0.15) is 0 Å². The first-order chi connectivity index (χ1) is 10.2. The molecule has 0 radical (unpaired) electrons. The fraction of sp³-hybridized carbons (Fsp3) is 0.111. The normalized spacial score (nSPS) is 10.6. The van der Waals surface area contributed by atoms with Crippen LogP contribution in [0, 0.1) is 6.92 Å². The van der Waals surface area contributed by atoms with Crippen molar-refractivity contribution in [2.75, 3.05) is 5.32 Å². The number of nitrogens with zero attached hydrogens (tertiary/aromatic N) is 1. The Morgan fingerprint density at radius 1 is 1.00 bits per heavy atom. The van der Waals surface area contributed by atoms with E-state index in [0.29, 0.717) is 0 Å². The minimum absolute atomic E-state index is 0.0904. The second-order valence-electron chi connectivity index (χ2n) is 5.01. The molecular weight excluding hydrogens is 260 g/mol. The molecule has 0 unspecified atom stereocenters. The van der Waals surface area contributed by atoms with Crippen molar-refractivity contribution in [3.63, 3.8) is 0 Å². The number of carbonyl (C=O) groups excluding carboxylic acids is 1. The van der Waals surface area contributed by atoms with Crippen LogP contribution in [0.15, 0.2) is 54.6 Å². The number of aromatic nitrogens is 1. The highest BCUT2D eigenvalue weighted by Gasteiger charge is 2.14. The number of para-hydroxylation sites is 1. The smallest absolute Gasteiger partial charge is 0.221 e. The monoisotopic (exact) mass is 276 g/mol. The second kappa shape index (κ2) is 5.37. The topological polar surface area (TPSA) is 42.0 Å².